The maximum atomic E-state index is 14.2. The summed E-state index contributed by atoms with van der Waals surface area (Å²) in [7, 11) is 0. The van der Waals surface area contributed by atoms with E-state index in [-0.39, 0.29) is 11.7 Å². The van der Waals surface area contributed by atoms with Crippen molar-refractivity contribution in [3.8, 4) is 6.07 Å². The van der Waals surface area contributed by atoms with Crippen LogP contribution in [0, 0.1) is 17.1 Å². The van der Waals surface area contributed by atoms with E-state index >= 15 is 0 Å². The topological polar surface area (TPSA) is 50.6 Å². The van der Waals surface area contributed by atoms with Crippen LogP contribution >= 0.6 is 0 Å². The van der Waals surface area contributed by atoms with Crippen LogP contribution in [0.5, 0.6) is 0 Å². The number of nitriles is 1. The second-order valence-electron chi connectivity index (χ2n) is 6.67. The lowest BCUT2D eigenvalue weighted by molar-refractivity contribution is -0.119. The van der Waals surface area contributed by atoms with Crippen LogP contribution in [-0.2, 0) is 4.79 Å². The molecule has 0 atom stereocenters. The highest BCUT2D eigenvalue weighted by Crippen LogP contribution is 2.22. The van der Waals surface area contributed by atoms with Crippen molar-refractivity contribution in [1.29, 1.82) is 5.26 Å². The predicted octanol–water partition coefficient (Wildman–Crippen LogP) is 3.04. The predicted molar refractivity (Wildman–Crippen MR) is 109 cm³/mol. The van der Waals surface area contributed by atoms with Gasteiger partial charge >= 0.3 is 0 Å². The maximum absolute atomic E-state index is 14.2. The molecule has 0 saturated carbocycles. The second-order valence-corrected chi connectivity index (χ2v) is 6.67. The Balaban J connectivity index is 1.60. The standard InChI is InChI=1S/C22H23FN4O/c1-2-10-27(19-6-4-3-5-7-19)22(28)17-25-11-13-26(14-12-25)21-9-8-18(16-24)15-20(21)23/h2-9,15H,1,10-14,17H2. The Kier molecular flexibility index (Phi) is 6.41. The molecule has 0 aromatic heterocycles. The van der Waals surface area contributed by atoms with E-state index in [0.29, 0.717) is 50.5 Å². The van der Waals surface area contributed by atoms with Gasteiger partial charge in [-0.25, -0.2) is 4.39 Å². The maximum Gasteiger partial charge on any atom is 0.241 e. The molecule has 28 heavy (non-hydrogen) atoms. The fourth-order valence-corrected chi connectivity index (χ4v) is 3.34. The van der Waals surface area contributed by atoms with Crippen molar-refractivity contribution in [3.05, 3.63) is 72.6 Å². The van der Waals surface area contributed by atoms with Gasteiger partial charge in [0.2, 0.25) is 5.91 Å². The first-order valence-electron chi connectivity index (χ1n) is 9.25. The highest BCUT2D eigenvalue weighted by Gasteiger charge is 2.23. The molecule has 5 nitrogen and oxygen atoms in total. The first kappa shape index (κ1) is 19.6. The van der Waals surface area contributed by atoms with Gasteiger partial charge in [0, 0.05) is 38.4 Å². The molecule has 0 unspecified atom stereocenters. The molecule has 1 heterocycles. The summed E-state index contributed by atoms with van der Waals surface area (Å²) in [5.74, 6) is -0.367. The molecule has 1 fully saturated rings. The molecule has 1 aliphatic rings. The Morgan fingerprint density at radius 1 is 1.18 bits per heavy atom. The molecule has 0 radical (unpaired) electrons. The van der Waals surface area contributed by atoms with Gasteiger partial charge in [-0.1, -0.05) is 24.3 Å². The van der Waals surface area contributed by atoms with Gasteiger partial charge in [0.1, 0.15) is 5.82 Å². The number of hydrogen-bond acceptors (Lipinski definition) is 4. The molecular formula is C22H23FN4O. The smallest absolute Gasteiger partial charge is 0.241 e. The Morgan fingerprint density at radius 3 is 2.50 bits per heavy atom. The van der Waals surface area contributed by atoms with E-state index < -0.39 is 0 Å². The van der Waals surface area contributed by atoms with Crippen LogP contribution in [0.1, 0.15) is 5.56 Å². The quantitative estimate of drug-likeness (QED) is 0.725. The third-order valence-electron chi connectivity index (χ3n) is 4.83. The summed E-state index contributed by atoms with van der Waals surface area (Å²) < 4.78 is 14.2. The van der Waals surface area contributed by atoms with E-state index in [2.05, 4.69) is 11.5 Å². The molecule has 1 aliphatic heterocycles. The highest BCUT2D eigenvalue weighted by atomic mass is 19.1. The number of rotatable bonds is 6. The van der Waals surface area contributed by atoms with Crippen LogP contribution in [0.25, 0.3) is 0 Å². The SMILES string of the molecule is C=CCN(C(=O)CN1CCN(c2ccc(C#N)cc2F)CC1)c1ccccc1. The molecule has 0 N–H and O–H groups in total. The second kappa shape index (κ2) is 9.16. The third-order valence-corrected chi connectivity index (χ3v) is 4.83. The molecule has 0 spiro atoms. The van der Waals surface area contributed by atoms with Gasteiger partial charge in [-0.3, -0.25) is 9.69 Å². The molecule has 0 aliphatic carbocycles. The lowest BCUT2D eigenvalue weighted by Crippen LogP contribution is -2.50. The van der Waals surface area contributed by atoms with E-state index in [9.17, 15) is 9.18 Å². The molecule has 1 saturated heterocycles. The molecular weight excluding hydrogens is 355 g/mol. The summed E-state index contributed by atoms with van der Waals surface area (Å²) in [6, 6.07) is 16.0. The Bertz CT molecular complexity index is 870. The zero-order valence-electron chi connectivity index (χ0n) is 15.7. The zero-order chi connectivity index (χ0) is 19.9. The molecule has 0 bridgehead atoms. The van der Waals surface area contributed by atoms with Gasteiger partial charge < -0.3 is 9.80 Å². The van der Waals surface area contributed by atoms with E-state index in [4.69, 9.17) is 5.26 Å². The minimum Gasteiger partial charge on any atom is -0.367 e. The number of carbonyl (C=O) groups excluding carboxylic acids is 1. The van der Waals surface area contributed by atoms with Crippen molar-refractivity contribution in [2.75, 3.05) is 49.1 Å². The van der Waals surface area contributed by atoms with Crippen molar-refractivity contribution in [2.24, 2.45) is 0 Å². The summed E-state index contributed by atoms with van der Waals surface area (Å²) in [5, 5.41) is 8.87. The van der Waals surface area contributed by atoms with Gasteiger partial charge in [0.05, 0.1) is 23.9 Å². The van der Waals surface area contributed by atoms with Crippen LogP contribution in [-0.4, -0.2) is 50.1 Å². The Morgan fingerprint density at radius 2 is 1.89 bits per heavy atom. The van der Waals surface area contributed by atoms with Gasteiger partial charge in [0.25, 0.3) is 0 Å². The van der Waals surface area contributed by atoms with Gasteiger partial charge in [0.15, 0.2) is 0 Å². The van der Waals surface area contributed by atoms with Gasteiger partial charge in [-0.15, -0.1) is 6.58 Å². The zero-order valence-corrected chi connectivity index (χ0v) is 15.7. The summed E-state index contributed by atoms with van der Waals surface area (Å²) in [6.07, 6.45) is 1.72. The van der Waals surface area contributed by atoms with E-state index in [0.717, 1.165) is 5.69 Å². The van der Waals surface area contributed by atoms with Gasteiger partial charge in [-0.05, 0) is 30.3 Å². The first-order valence-corrected chi connectivity index (χ1v) is 9.25. The number of benzene rings is 2. The molecule has 6 heteroatoms. The molecule has 3 rings (SSSR count). The minimum absolute atomic E-state index is 0.0177. The number of anilines is 2. The Hall–Kier alpha value is -3.17. The number of hydrogen-bond donors (Lipinski definition) is 0. The van der Waals surface area contributed by atoms with Crippen LogP contribution in [0.15, 0.2) is 61.2 Å². The normalized spacial score (nSPS) is 14.4. The monoisotopic (exact) mass is 378 g/mol. The summed E-state index contributed by atoms with van der Waals surface area (Å²) in [5.41, 5.74) is 1.67. The molecule has 2 aromatic rings. The first-order chi connectivity index (χ1) is 13.6. The van der Waals surface area contributed by atoms with E-state index in [1.54, 1.807) is 23.1 Å². The van der Waals surface area contributed by atoms with Crippen molar-refractivity contribution in [1.82, 2.24) is 4.90 Å². The van der Waals surface area contributed by atoms with E-state index in [1.807, 2.05) is 41.3 Å². The average molecular weight is 378 g/mol. The van der Waals surface area contributed by atoms with Gasteiger partial charge in [-0.2, -0.15) is 5.26 Å². The van der Waals surface area contributed by atoms with Crippen LogP contribution < -0.4 is 9.80 Å². The van der Waals surface area contributed by atoms with Crippen molar-refractivity contribution >= 4 is 17.3 Å². The lowest BCUT2D eigenvalue weighted by atomic mass is 10.2. The average Bonchev–Trinajstić information content (AvgIpc) is 2.73. The van der Waals surface area contributed by atoms with Crippen LogP contribution in [0.4, 0.5) is 15.8 Å². The summed E-state index contributed by atoms with van der Waals surface area (Å²) >= 11 is 0. The molecule has 144 valence electrons. The third kappa shape index (κ3) is 4.56. The lowest BCUT2D eigenvalue weighted by Gasteiger charge is -2.36. The van der Waals surface area contributed by atoms with Crippen LogP contribution in [0.3, 0.4) is 0 Å². The number of amides is 1. The van der Waals surface area contributed by atoms with Crippen molar-refractivity contribution in [2.45, 2.75) is 0 Å². The van der Waals surface area contributed by atoms with Crippen LogP contribution in [0.2, 0.25) is 0 Å². The number of para-hydroxylation sites is 1. The van der Waals surface area contributed by atoms with Crippen molar-refractivity contribution < 1.29 is 9.18 Å². The summed E-state index contributed by atoms with van der Waals surface area (Å²) in [6.45, 7) is 7.11. The number of piperazine rings is 1. The number of nitrogens with zero attached hydrogens (tertiary/aromatic N) is 4. The Labute approximate surface area is 164 Å². The molecule has 2 aromatic carbocycles. The number of halogens is 1. The fraction of sp³-hybridized carbons (Fsp3) is 0.273. The number of carbonyl (C=O) groups is 1. The highest BCUT2D eigenvalue weighted by molar-refractivity contribution is 5.95. The fourth-order valence-electron chi connectivity index (χ4n) is 3.34. The van der Waals surface area contributed by atoms with E-state index in [1.165, 1.54) is 6.07 Å². The van der Waals surface area contributed by atoms with Crippen molar-refractivity contribution in [3.63, 3.8) is 0 Å². The minimum atomic E-state index is -0.384. The largest absolute Gasteiger partial charge is 0.367 e. The summed E-state index contributed by atoms with van der Waals surface area (Å²) in [4.78, 5) is 18.6. The molecule has 1 amide bonds.